The fraction of sp³-hybridized carbons (Fsp3) is 0.600. The number of rotatable bonds is 2. The number of hydrogen-bond acceptors (Lipinski definition) is 5. The molecule has 0 aliphatic carbocycles. The second kappa shape index (κ2) is 7.76. The van der Waals surface area contributed by atoms with Crippen molar-refractivity contribution in [1.29, 1.82) is 0 Å². The molecule has 0 bridgehead atoms. The van der Waals surface area contributed by atoms with Crippen molar-refractivity contribution in [3.63, 3.8) is 0 Å². The quantitative estimate of drug-likeness (QED) is 0.860. The fourth-order valence-corrected chi connectivity index (χ4v) is 3.55. The molecule has 0 saturated carbocycles. The highest BCUT2D eigenvalue weighted by atomic mass is 16.6. The molecule has 1 N–H and O–H groups in total. The molecule has 2 heterocycles. The van der Waals surface area contributed by atoms with E-state index in [1.807, 2.05) is 51.1 Å². The van der Waals surface area contributed by atoms with Gasteiger partial charge in [0.1, 0.15) is 12.2 Å². The third kappa shape index (κ3) is 5.13. The lowest BCUT2D eigenvalue weighted by Gasteiger charge is -2.40. The molecule has 0 radical (unpaired) electrons. The van der Waals surface area contributed by atoms with Gasteiger partial charge in [0.25, 0.3) is 0 Å². The number of ether oxygens (including phenoxy) is 2. The average Bonchev–Trinajstić information content (AvgIpc) is 3.02. The topological polar surface area (TPSA) is 71.1 Å². The van der Waals surface area contributed by atoms with E-state index in [1.54, 1.807) is 9.80 Å². The van der Waals surface area contributed by atoms with E-state index >= 15 is 0 Å². The molecule has 2 saturated heterocycles. The average molecular weight is 375 g/mol. The molecule has 27 heavy (non-hydrogen) atoms. The third-order valence-electron chi connectivity index (χ3n) is 4.84. The summed E-state index contributed by atoms with van der Waals surface area (Å²) < 4.78 is 10.9. The van der Waals surface area contributed by atoms with Crippen molar-refractivity contribution in [3.8, 4) is 0 Å². The van der Waals surface area contributed by atoms with E-state index in [0.29, 0.717) is 32.7 Å². The normalized spacial score (nSPS) is 22.8. The van der Waals surface area contributed by atoms with Crippen LogP contribution in [0.25, 0.3) is 0 Å². The van der Waals surface area contributed by atoms with Crippen molar-refractivity contribution in [1.82, 2.24) is 15.1 Å². The lowest BCUT2D eigenvalue weighted by molar-refractivity contribution is 0.0263. The number of hydrogen-bond donors (Lipinski definition) is 1. The lowest BCUT2D eigenvalue weighted by atomic mass is 9.96. The standard InChI is InChI=1S/C20H29N3O4/c1-19(2,3)27-18(25)22-11-9-20(14-22)15-23(12-10-21-20)17(24)26-13-16-7-5-4-6-8-16/h4-8,21H,9-15H2,1-3H3/t20-/m1/s1. The summed E-state index contributed by atoms with van der Waals surface area (Å²) in [6.07, 6.45) is 0.176. The summed E-state index contributed by atoms with van der Waals surface area (Å²) in [7, 11) is 0. The molecule has 2 fully saturated rings. The van der Waals surface area contributed by atoms with E-state index in [-0.39, 0.29) is 24.3 Å². The SMILES string of the molecule is CC(C)(C)OC(=O)N1CC[C@]2(CN(C(=O)OCc3ccccc3)CCN2)C1. The number of carbonyl (C=O) groups excluding carboxylic acids is 2. The van der Waals surface area contributed by atoms with E-state index in [4.69, 9.17) is 9.47 Å². The molecule has 1 atom stereocenters. The van der Waals surface area contributed by atoms with Gasteiger partial charge in [-0.3, -0.25) is 0 Å². The first-order valence-corrected chi connectivity index (χ1v) is 9.45. The van der Waals surface area contributed by atoms with Crippen LogP contribution in [0, 0.1) is 0 Å². The van der Waals surface area contributed by atoms with Gasteiger partial charge >= 0.3 is 12.2 Å². The van der Waals surface area contributed by atoms with Crippen LogP contribution in [0.5, 0.6) is 0 Å². The highest BCUT2D eigenvalue weighted by Gasteiger charge is 2.45. The minimum atomic E-state index is -0.514. The summed E-state index contributed by atoms with van der Waals surface area (Å²) in [5.41, 5.74) is 0.161. The highest BCUT2D eigenvalue weighted by Crippen LogP contribution is 2.26. The van der Waals surface area contributed by atoms with Gasteiger partial charge in [0.15, 0.2) is 0 Å². The van der Waals surface area contributed by atoms with Gasteiger partial charge in [-0.15, -0.1) is 0 Å². The first-order valence-electron chi connectivity index (χ1n) is 9.45. The summed E-state index contributed by atoms with van der Waals surface area (Å²) in [5.74, 6) is 0. The van der Waals surface area contributed by atoms with E-state index in [2.05, 4.69) is 5.32 Å². The Bertz CT molecular complexity index is 674. The Hall–Kier alpha value is -2.28. The van der Waals surface area contributed by atoms with Crippen molar-refractivity contribution in [2.45, 2.75) is 44.9 Å². The molecule has 0 aromatic heterocycles. The van der Waals surface area contributed by atoms with E-state index in [0.717, 1.165) is 12.0 Å². The smallest absolute Gasteiger partial charge is 0.410 e. The first kappa shape index (κ1) is 19.5. The lowest BCUT2D eigenvalue weighted by Crippen LogP contribution is -2.63. The number of nitrogens with one attached hydrogen (secondary N) is 1. The molecule has 1 spiro atoms. The monoisotopic (exact) mass is 375 g/mol. The minimum absolute atomic E-state index is 0.265. The van der Waals surface area contributed by atoms with E-state index < -0.39 is 5.60 Å². The molecule has 3 rings (SSSR count). The Morgan fingerprint density at radius 3 is 2.41 bits per heavy atom. The Kier molecular flexibility index (Phi) is 5.60. The molecule has 1 aromatic rings. The summed E-state index contributed by atoms with van der Waals surface area (Å²) in [4.78, 5) is 28.3. The maximum Gasteiger partial charge on any atom is 0.410 e. The number of nitrogens with zero attached hydrogens (tertiary/aromatic N) is 2. The van der Waals surface area contributed by atoms with Gasteiger partial charge in [0.05, 0.1) is 5.54 Å². The van der Waals surface area contributed by atoms with Crippen LogP contribution in [0.4, 0.5) is 9.59 Å². The number of piperazine rings is 1. The molecule has 1 aromatic carbocycles. The molecule has 2 aliphatic rings. The van der Waals surface area contributed by atoms with Crippen LogP contribution in [-0.2, 0) is 16.1 Å². The van der Waals surface area contributed by atoms with Crippen molar-refractivity contribution < 1.29 is 19.1 Å². The molecule has 7 heteroatoms. The van der Waals surface area contributed by atoms with Crippen LogP contribution in [0.2, 0.25) is 0 Å². The fourth-order valence-electron chi connectivity index (χ4n) is 3.55. The summed E-state index contributed by atoms with van der Waals surface area (Å²) in [6, 6.07) is 9.64. The molecule has 0 unspecified atom stereocenters. The van der Waals surface area contributed by atoms with Gasteiger partial charge in [-0.2, -0.15) is 0 Å². The summed E-state index contributed by atoms with van der Waals surface area (Å²) >= 11 is 0. The molecular formula is C20H29N3O4. The Labute approximate surface area is 160 Å². The molecule has 7 nitrogen and oxygen atoms in total. The predicted molar refractivity (Wildman–Crippen MR) is 101 cm³/mol. The number of benzene rings is 1. The van der Waals surface area contributed by atoms with Crippen molar-refractivity contribution in [2.24, 2.45) is 0 Å². The number of likely N-dealkylation sites (tertiary alicyclic amines) is 1. The number of amides is 2. The Balaban J connectivity index is 1.54. The Morgan fingerprint density at radius 2 is 1.74 bits per heavy atom. The number of carbonyl (C=O) groups is 2. The van der Waals surface area contributed by atoms with Gasteiger partial charge in [0, 0.05) is 32.7 Å². The predicted octanol–water partition coefficient (Wildman–Crippen LogP) is 2.61. The van der Waals surface area contributed by atoms with Gasteiger partial charge in [-0.25, -0.2) is 9.59 Å². The third-order valence-corrected chi connectivity index (χ3v) is 4.84. The second-order valence-electron chi connectivity index (χ2n) is 8.32. The molecule has 148 valence electrons. The zero-order chi connectivity index (χ0) is 19.5. The van der Waals surface area contributed by atoms with Gasteiger partial charge in [-0.1, -0.05) is 30.3 Å². The van der Waals surface area contributed by atoms with Crippen molar-refractivity contribution >= 4 is 12.2 Å². The first-order chi connectivity index (χ1) is 12.8. The maximum absolute atomic E-state index is 12.5. The van der Waals surface area contributed by atoms with Crippen LogP contribution < -0.4 is 5.32 Å². The Morgan fingerprint density at radius 1 is 1.07 bits per heavy atom. The molecule has 2 amide bonds. The maximum atomic E-state index is 12.5. The summed E-state index contributed by atoms with van der Waals surface area (Å²) in [6.45, 7) is 8.81. The van der Waals surface area contributed by atoms with Gasteiger partial charge < -0.3 is 24.6 Å². The van der Waals surface area contributed by atoms with Crippen LogP contribution in [-0.4, -0.2) is 65.9 Å². The van der Waals surface area contributed by atoms with E-state index in [1.165, 1.54) is 0 Å². The zero-order valence-electron chi connectivity index (χ0n) is 16.4. The minimum Gasteiger partial charge on any atom is -0.445 e. The van der Waals surface area contributed by atoms with Crippen LogP contribution in [0.15, 0.2) is 30.3 Å². The zero-order valence-corrected chi connectivity index (χ0v) is 16.4. The van der Waals surface area contributed by atoms with Crippen molar-refractivity contribution in [2.75, 3.05) is 32.7 Å². The van der Waals surface area contributed by atoms with Crippen LogP contribution in [0.3, 0.4) is 0 Å². The van der Waals surface area contributed by atoms with E-state index in [9.17, 15) is 9.59 Å². The highest BCUT2D eigenvalue weighted by molar-refractivity contribution is 5.69. The molecule has 2 aliphatic heterocycles. The van der Waals surface area contributed by atoms with Crippen LogP contribution in [0.1, 0.15) is 32.8 Å². The van der Waals surface area contributed by atoms with Gasteiger partial charge in [-0.05, 0) is 32.8 Å². The second-order valence-corrected chi connectivity index (χ2v) is 8.32. The van der Waals surface area contributed by atoms with Gasteiger partial charge in [0.2, 0.25) is 0 Å². The summed E-state index contributed by atoms with van der Waals surface area (Å²) in [5, 5.41) is 3.50. The largest absolute Gasteiger partial charge is 0.445 e. The van der Waals surface area contributed by atoms with Crippen LogP contribution >= 0.6 is 0 Å². The van der Waals surface area contributed by atoms with Crippen molar-refractivity contribution in [3.05, 3.63) is 35.9 Å². The molecular weight excluding hydrogens is 346 g/mol.